The van der Waals surface area contributed by atoms with E-state index in [1.807, 2.05) is 0 Å². The Kier molecular flexibility index (Phi) is 3.38. The zero-order valence-corrected chi connectivity index (χ0v) is 9.20. The van der Waals surface area contributed by atoms with E-state index in [1.54, 1.807) is 10.8 Å². The summed E-state index contributed by atoms with van der Waals surface area (Å²) in [6.45, 7) is 2.80. The molecule has 1 N–H and O–H groups in total. The van der Waals surface area contributed by atoms with Gasteiger partial charge >= 0.3 is 5.69 Å². The smallest absolute Gasteiger partial charge is 0.317 e. The first-order valence-electron chi connectivity index (χ1n) is 5.18. The maximum absolute atomic E-state index is 11.4. The van der Waals surface area contributed by atoms with E-state index in [4.69, 9.17) is 11.6 Å². The van der Waals surface area contributed by atoms with Crippen molar-refractivity contribution in [2.75, 3.05) is 13.1 Å². The lowest BCUT2D eigenvalue weighted by Gasteiger charge is -2.22. The second kappa shape index (κ2) is 4.77. The molecule has 0 saturated carbocycles. The summed E-state index contributed by atoms with van der Waals surface area (Å²) in [5.41, 5.74) is -0.210. The Balaban J connectivity index is 2.09. The fourth-order valence-corrected chi connectivity index (χ4v) is 2.07. The summed E-state index contributed by atoms with van der Waals surface area (Å²) in [6, 6.07) is 0. The van der Waals surface area contributed by atoms with Crippen molar-refractivity contribution in [2.45, 2.75) is 19.4 Å². The lowest BCUT2D eigenvalue weighted by molar-refractivity contribution is 0.328. The van der Waals surface area contributed by atoms with Crippen molar-refractivity contribution >= 4 is 11.6 Å². The quantitative estimate of drug-likeness (QED) is 0.817. The highest BCUT2D eigenvalue weighted by Crippen LogP contribution is 2.13. The van der Waals surface area contributed by atoms with E-state index in [9.17, 15) is 4.79 Å². The Morgan fingerprint density at radius 1 is 1.53 bits per heavy atom. The molecular weight excluding hydrogens is 214 g/mol. The molecule has 1 saturated heterocycles. The van der Waals surface area contributed by atoms with Crippen LogP contribution in [0.2, 0.25) is 5.02 Å². The first-order chi connectivity index (χ1) is 7.25. The van der Waals surface area contributed by atoms with Crippen LogP contribution in [-0.2, 0) is 6.54 Å². The molecule has 1 aliphatic heterocycles. The van der Waals surface area contributed by atoms with E-state index in [2.05, 4.69) is 10.3 Å². The summed E-state index contributed by atoms with van der Waals surface area (Å²) >= 11 is 5.80. The van der Waals surface area contributed by atoms with Gasteiger partial charge in [-0.05, 0) is 31.8 Å². The standard InChI is InChI=1S/C10H14ClN3O/c11-9-5-13-10(15)14(7-9)6-8-1-3-12-4-2-8/h5,7-8,12H,1-4,6H2. The van der Waals surface area contributed by atoms with Gasteiger partial charge in [0.25, 0.3) is 0 Å². The zero-order chi connectivity index (χ0) is 10.7. The molecule has 0 aromatic carbocycles. The molecule has 1 aromatic heterocycles. The molecule has 0 amide bonds. The first-order valence-corrected chi connectivity index (χ1v) is 5.56. The summed E-state index contributed by atoms with van der Waals surface area (Å²) < 4.78 is 1.61. The summed E-state index contributed by atoms with van der Waals surface area (Å²) in [6.07, 6.45) is 5.28. The topological polar surface area (TPSA) is 46.9 Å². The highest BCUT2D eigenvalue weighted by atomic mass is 35.5. The van der Waals surface area contributed by atoms with Gasteiger partial charge in [-0.25, -0.2) is 9.78 Å². The minimum Gasteiger partial charge on any atom is -0.317 e. The van der Waals surface area contributed by atoms with Gasteiger partial charge in [0.05, 0.1) is 11.2 Å². The average molecular weight is 228 g/mol. The van der Waals surface area contributed by atoms with Crippen LogP contribution in [0.5, 0.6) is 0 Å². The molecule has 2 rings (SSSR count). The largest absolute Gasteiger partial charge is 0.347 e. The third-order valence-electron chi connectivity index (χ3n) is 2.74. The molecule has 1 aliphatic rings. The number of hydrogen-bond acceptors (Lipinski definition) is 3. The minimum atomic E-state index is -0.210. The molecule has 1 fully saturated rings. The van der Waals surface area contributed by atoms with Crippen LogP contribution >= 0.6 is 11.6 Å². The molecule has 0 unspecified atom stereocenters. The van der Waals surface area contributed by atoms with Crippen molar-refractivity contribution in [3.63, 3.8) is 0 Å². The predicted molar refractivity (Wildman–Crippen MR) is 59.1 cm³/mol. The van der Waals surface area contributed by atoms with Crippen molar-refractivity contribution in [1.29, 1.82) is 0 Å². The van der Waals surface area contributed by atoms with E-state index in [-0.39, 0.29) is 5.69 Å². The van der Waals surface area contributed by atoms with Crippen molar-refractivity contribution in [2.24, 2.45) is 5.92 Å². The number of nitrogens with one attached hydrogen (secondary N) is 1. The van der Waals surface area contributed by atoms with Gasteiger partial charge in [-0.15, -0.1) is 0 Å². The Hall–Kier alpha value is -0.870. The first kappa shape index (κ1) is 10.6. The van der Waals surface area contributed by atoms with Crippen LogP contribution in [0.1, 0.15) is 12.8 Å². The maximum Gasteiger partial charge on any atom is 0.347 e. The molecule has 5 heteroatoms. The van der Waals surface area contributed by atoms with Crippen molar-refractivity contribution in [1.82, 2.24) is 14.9 Å². The number of nitrogens with zero attached hydrogens (tertiary/aromatic N) is 2. The zero-order valence-electron chi connectivity index (χ0n) is 8.45. The van der Waals surface area contributed by atoms with E-state index in [0.717, 1.165) is 32.5 Å². The average Bonchev–Trinajstić information content (AvgIpc) is 2.25. The van der Waals surface area contributed by atoms with Crippen LogP contribution in [0.3, 0.4) is 0 Å². The van der Waals surface area contributed by atoms with Crippen LogP contribution in [0.25, 0.3) is 0 Å². The van der Waals surface area contributed by atoms with Crippen molar-refractivity contribution < 1.29 is 0 Å². The van der Waals surface area contributed by atoms with E-state index in [1.165, 1.54) is 6.20 Å². The van der Waals surface area contributed by atoms with Crippen LogP contribution < -0.4 is 11.0 Å². The van der Waals surface area contributed by atoms with Crippen LogP contribution in [0, 0.1) is 5.92 Å². The molecule has 1 aromatic rings. The van der Waals surface area contributed by atoms with Gasteiger partial charge in [0.2, 0.25) is 0 Å². The van der Waals surface area contributed by atoms with Crippen LogP contribution in [0.15, 0.2) is 17.2 Å². The van der Waals surface area contributed by atoms with Gasteiger partial charge in [-0.3, -0.25) is 4.57 Å². The van der Waals surface area contributed by atoms with E-state index in [0.29, 0.717) is 10.9 Å². The highest BCUT2D eigenvalue weighted by Gasteiger charge is 2.14. The van der Waals surface area contributed by atoms with Crippen molar-refractivity contribution in [3.05, 3.63) is 27.9 Å². The Morgan fingerprint density at radius 2 is 2.27 bits per heavy atom. The number of halogens is 1. The number of piperidine rings is 1. The van der Waals surface area contributed by atoms with E-state index < -0.39 is 0 Å². The van der Waals surface area contributed by atoms with Crippen LogP contribution in [0.4, 0.5) is 0 Å². The summed E-state index contributed by atoms with van der Waals surface area (Å²) in [5, 5.41) is 3.81. The second-order valence-electron chi connectivity index (χ2n) is 3.90. The number of hydrogen-bond donors (Lipinski definition) is 1. The van der Waals surface area contributed by atoms with Gasteiger partial charge in [0, 0.05) is 12.7 Å². The highest BCUT2D eigenvalue weighted by molar-refractivity contribution is 6.30. The van der Waals surface area contributed by atoms with Crippen molar-refractivity contribution in [3.8, 4) is 0 Å². The second-order valence-corrected chi connectivity index (χ2v) is 4.34. The molecule has 0 aliphatic carbocycles. The fourth-order valence-electron chi connectivity index (χ4n) is 1.90. The molecule has 0 bridgehead atoms. The molecule has 4 nitrogen and oxygen atoms in total. The lowest BCUT2D eigenvalue weighted by Crippen LogP contribution is -2.33. The normalized spacial score (nSPS) is 17.9. The van der Waals surface area contributed by atoms with Gasteiger partial charge < -0.3 is 5.32 Å². The molecule has 0 spiro atoms. The van der Waals surface area contributed by atoms with Gasteiger partial charge in [0.15, 0.2) is 0 Å². The van der Waals surface area contributed by atoms with Gasteiger partial charge in [-0.2, -0.15) is 0 Å². The molecule has 0 atom stereocenters. The Morgan fingerprint density at radius 3 is 3.00 bits per heavy atom. The lowest BCUT2D eigenvalue weighted by atomic mass is 9.98. The monoisotopic (exact) mass is 227 g/mol. The maximum atomic E-state index is 11.4. The minimum absolute atomic E-state index is 0.210. The summed E-state index contributed by atoms with van der Waals surface area (Å²) in [7, 11) is 0. The molecule has 82 valence electrons. The number of rotatable bonds is 2. The predicted octanol–water partition coefficient (Wildman–Crippen LogP) is 0.896. The molecule has 2 heterocycles. The SMILES string of the molecule is O=c1ncc(Cl)cn1CC1CCNCC1. The molecule has 0 radical (unpaired) electrons. The van der Waals surface area contributed by atoms with Gasteiger partial charge in [0.1, 0.15) is 0 Å². The summed E-state index contributed by atoms with van der Waals surface area (Å²) in [5.74, 6) is 0.559. The number of aromatic nitrogens is 2. The Labute approximate surface area is 93.3 Å². The molecule has 15 heavy (non-hydrogen) atoms. The molecular formula is C10H14ClN3O. The third kappa shape index (κ3) is 2.79. The Bertz CT molecular complexity index is 384. The van der Waals surface area contributed by atoms with Crippen LogP contribution in [-0.4, -0.2) is 22.6 Å². The summed E-state index contributed by atoms with van der Waals surface area (Å²) in [4.78, 5) is 15.1. The van der Waals surface area contributed by atoms with E-state index >= 15 is 0 Å². The third-order valence-corrected chi connectivity index (χ3v) is 2.93. The van der Waals surface area contributed by atoms with Gasteiger partial charge in [-0.1, -0.05) is 11.6 Å². The fraction of sp³-hybridized carbons (Fsp3) is 0.600.